The molecule has 82 valence electrons. The zero-order chi connectivity index (χ0) is 10.7. The average Bonchev–Trinajstić information content (AvgIpc) is 2.25. The van der Waals surface area contributed by atoms with Gasteiger partial charge in [-0.15, -0.1) is 0 Å². The van der Waals surface area contributed by atoms with Gasteiger partial charge in [-0.25, -0.2) is 9.97 Å². The quantitative estimate of drug-likeness (QED) is 0.844. The Kier molecular flexibility index (Phi) is 3.74. The van der Waals surface area contributed by atoms with E-state index in [2.05, 4.69) is 32.6 Å². The second-order valence-corrected chi connectivity index (χ2v) is 5.08. The molecule has 0 amide bonds. The van der Waals surface area contributed by atoms with Gasteiger partial charge in [-0.2, -0.15) is 0 Å². The summed E-state index contributed by atoms with van der Waals surface area (Å²) in [6.07, 6.45) is 7.86. The number of aromatic nitrogens is 2. The SMILES string of the molecule is NC1CCC(Oc2ncc(I)cn2)CC1. The predicted octanol–water partition coefficient (Wildman–Crippen LogP) is 1.73. The van der Waals surface area contributed by atoms with E-state index in [1.807, 2.05) is 0 Å². The number of hydrogen-bond acceptors (Lipinski definition) is 4. The Hall–Kier alpha value is -0.430. The molecular weight excluding hydrogens is 305 g/mol. The van der Waals surface area contributed by atoms with E-state index in [1.54, 1.807) is 12.4 Å². The van der Waals surface area contributed by atoms with Gasteiger partial charge >= 0.3 is 6.01 Å². The molecule has 1 aromatic heterocycles. The van der Waals surface area contributed by atoms with Crippen molar-refractivity contribution in [1.82, 2.24) is 9.97 Å². The summed E-state index contributed by atoms with van der Waals surface area (Å²) in [5.41, 5.74) is 5.82. The first-order valence-corrected chi connectivity index (χ1v) is 6.21. The molecule has 1 aliphatic rings. The number of nitrogens with two attached hydrogens (primary N) is 1. The first-order valence-electron chi connectivity index (χ1n) is 5.14. The van der Waals surface area contributed by atoms with Crippen molar-refractivity contribution in [2.45, 2.75) is 37.8 Å². The zero-order valence-corrected chi connectivity index (χ0v) is 10.6. The van der Waals surface area contributed by atoms with Gasteiger partial charge < -0.3 is 10.5 Å². The standard InChI is InChI=1S/C10H14IN3O/c11-7-5-13-10(14-6-7)15-9-3-1-8(12)2-4-9/h5-6,8-9H,1-4,12H2. The Balaban J connectivity index is 1.89. The molecule has 0 aliphatic heterocycles. The lowest BCUT2D eigenvalue weighted by molar-refractivity contribution is 0.134. The Morgan fingerprint density at radius 1 is 1.20 bits per heavy atom. The smallest absolute Gasteiger partial charge is 0.316 e. The van der Waals surface area contributed by atoms with E-state index < -0.39 is 0 Å². The second-order valence-electron chi connectivity index (χ2n) is 3.84. The van der Waals surface area contributed by atoms with Gasteiger partial charge in [0.2, 0.25) is 0 Å². The highest BCUT2D eigenvalue weighted by atomic mass is 127. The molecule has 1 saturated carbocycles. The van der Waals surface area contributed by atoms with Crippen LogP contribution < -0.4 is 10.5 Å². The predicted molar refractivity (Wildman–Crippen MR) is 65.6 cm³/mol. The maximum absolute atomic E-state index is 5.82. The Morgan fingerprint density at radius 2 is 1.80 bits per heavy atom. The number of halogens is 1. The minimum atomic E-state index is 0.241. The van der Waals surface area contributed by atoms with Crippen LogP contribution in [0.5, 0.6) is 6.01 Å². The lowest BCUT2D eigenvalue weighted by atomic mass is 9.94. The highest BCUT2D eigenvalue weighted by Gasteiger charge is 2.20. The highest BCUT2D eigenvalue weighted by molar-refractivity contribution is 14.1. The van der Waals surface area contributed by atoms with Crippen LogP contribution in [0.3, 0.4) is 0 Å². The monoisotopic (exact) mass is 319 g/mol. The normalized spacial score (nSPS) is 26.3. The molecule has 0 spiro atoms. The summed E-state index contributed by atoms with van der Waals surface area (Å²) in [4.78, 5) is 8.24. The van der Waals surface area contributed by atoms with Gasteiger partial charge in [0, 0.05) is 22.0 Å². The average molecular weight is 319 g/mol. The van der Waals surface area contributed by atoms with Crippen LogP contribution in [0.25, 0.3) is 0 Å². The third-order valence-electron chi connectivity index (χ3n) is 2.59. The summed E-state index contributed by atoms with van der Waals surface area (Å²) in [6.45, 7) is 0. The molecule has 2 rings (SSSR count). The maximum Gasteiger partial charge on any atom is 0.316 e. The molecule has 1 aliphatic carbocycles. The van der Waals surface area contributed by atoms with Crippen molar-refractivity contribution in [1.29, 1.82) is 0 Å². The van der Waals surface area contributed by atoms with Gasteiger partial charge in [-0.05, 0) is 48.3 Å². The molecule has 1 fully saturated rings. The number of hydrogen-bond donors (Lipinski definition) is 1. The van der Waals surface area contributed by atoms with E-state index in [0.717, 1.165) is 29.3 Å². The van der Waals surface area contributed by atoms with Crippen molar-refractivity contribution in [3.05, 3.63) is 16.0 Å². The van der Waals surface area contributed by atoms with Gasteiger partial charge in [0.05, 0.1) is 0 Å². The fourth-order valence-corrected chi connectivity index (χ4v) is 2.00. The molecule has 1 aromatic rings. The summed E-state index contributed by atoms with van der Waals surface area (Å²) >= 11 is 2.17. The minimum Gasteiger partial charge on any atom is -0.460 e. The van der Waals surface area contributed by atoms with E-state index in [1.165, 1.54) is 0 Å². The van der Waals surface area contributed by atoms with Gasteiger partial charge in [-0.1, -0.05) is 0 Å². The van der Waals surface area contributed by atoms with Crippen molar-refractivity contribution in [2.75, 3.05) is 0 Å². The van der Waals surface area contributed by atoms with E-state index in [-0.39, 0.29) is 6.10 Å². The molecule has 4 nitrogen and oxygen atoms in total. The van der Waals surface area contributed by atoms with E-state index >= 15 is 0 Å². The van der Waals surface area contributed by atoms with Gasteiger partial charge in [0.15, 0.2) is 0 Å². The molecule has 15 heavy (non-hydrogen) atoms. The molecule has 0 radical (unpaired) electrons. The molecule has 5 heteroatoms. The van der Waals surface area contributed by atoms with Crippen molar-refractivity contribution in [3.8, 4) is 6.01 Å². The Morgan fingerprint density at radius 3 is 2.40 bits per heavy atom. The van der Waals surface area contributed by atoms with Crippen LogP contribution in [0, 0.1) is 3.57 Å². The highest BCUT2D eigenvalue weighted by Crippen LogP contribution is 2.20. The Bertz CT molecular complexity index is 309. The summed E-state index contributed by atoms with van der Waals surface area (Å²) in [5, 5.41) is 0. The Labute approximate surface area is 103 Å². The fraction of sp³-hybridized carbons (Fsp3) is 0.600. The van der Waals surface area contributed by atoms with Gasteiger partial charge in [0.1, 0.15) is 6.10 Å². The summed E-state index contributed by atoms with van der Waals surface area (Å²) in [6, 6.07) is 0.832. The van der Waals surface area contributed by atoms with E-state index in [9.17, 15) is 0 Å². The van der Waals surface area contributed by atoms with E-state index in [0.29, 0.717) is 12.1 Å². The van der Waals surface area contributed by atoms with Crippen LogP contribution in [0.2, 0.25) is 0 Å². The van der Waals surface area contributed by atoms with Crippen LogP contribution >= 0.6 is 22.6 Å². The fourth-order valence-electron chi connectivity index (χ4n) is 1.72. The van der Waals surface area contributed by atoms with Crippen molar-refractivity contribution in [3.63, 3.8) is 0 Å². The third kappa shape index (κ3) is 3.27. The van der Waals surface area contributed by atoms with Crippen LogP contribution in [0.15, 0.2) is 12.4 Å². The minimum absolute atomic E-state index is 0.241. The van der Waals surface area contributed by atoms with E-state index in [4.69, 9.17) is 10.5 Å². The first-order chi connectivity index (χ1) is 7.24. The van der Waals surface area contributed by atoms with Crippen LogP contribution in [-0.4, -0.2) is 22.1 Å². The van der Waals surface area contributed by atoms with Crippen LogP contribution in [-0.2, 0) is 0 Å². The molecule has 0 atom stereocenters. The second kappa shape index (κ2) is 5.07. The molecule has 0 aromatic carbocycles. The van der Waals surface area contributed by atoms with Gasteiger partial charge in [-0.3, -0.25) is 0 Å². The molecular formula is C10H14IN3O. The largest absolute Gasteiger partial charge is 0.460 e. The lowest BCUT2D eigenvalue weighted by Gasteiger charge is -2.25. The summed E-state index contributed by atoms with van der Waals surface area (Å²) < 4.78 is 6.70. The van der Waals surface area contributed by atoms with Crippen molar-refractivity contribution >= 4 is 22.6 Å². The molecule has 2 N–H and O–H groups in total. The maximum atomic E-state index is 5.82. The summed E-state index contributed by atoms with van der Waals surface area (Å²) in [5.74, 6) is 0. The van der Waals surface area contributed by atoms with Gasteiger partial charge in [0.25, 0.3) is 0 Å². The van der Waals surface area contributed by atoms with Crippen molar-refractivity contribution in [2.24, 2.45) is 5.73 Å². The molecule has 0 saturated heterocycles. The number of rotatable bonds is 2. The van der Waals surface area contributed by atoms with Crippen LogP contribution in [0.1, 0.15) is 25.7 Å². The molecule has 1 heterocycles. The summed E-state index contributed by atoms with van der Waals surface area (Å²) in [7, 11) is 0. The topological polar surface area (TPSA) is 61.0 Å². The lowest BCUT2D eigenvalue weighted by Crippen LogP contribution is -2.32. The third-order valence-corrected chi connectivity index (χ3v) is 3.14. The van der Waals surface area contributed by atoms with Crippen LogP contribution in [0.4, 0.5) is 0 Å². The number of ether oxygens (including phenoxy) is 1. The molecule has 0 bridgehead atoms. The number of nitrogens with zero attached hydrogens (tertiary/aromatic N) is 2. The zero-order valence-electron chi connectivity index (χ0n) is 8.40. The molecule has 0 unspecified atom stereocenters. The first kappa shape index (κ1) is 11.1. The van der Waals surface area contributed by atoms with Crippen molar-refractivity contribution < 1.29 is 4.74 Å².